The zero-order valence-corrected chi connectivity index (χ0v) is 17.3. The van der Waals surface area contributed by atoms with Crippen molar-refractivity contribution in [2.24, 2.45) is 0 Å². The molecule has 0 aliphatic rings. The van der Waals surface area contributed by atoms with Gasteiger partial charge < -0.3 is 5.32 Å². The van der Waals surface area contributed by atoms with Gasteiger partial charge in [0.05, 0.1) is 21.0 Å². The minimum absolute atomic E-state index is 0.129. The fraction of sp³-hybridized carbons (Fsp3) is 0. The summed E-state index contributed by atoms with van der Waals surface area (Å²) in [6, 6.07) is 17.8. The van der Waals surface area contributed by atoms with Gasteiger partial charge in [-0.15, -0.1) is 0 Å². The normalized spacial score (nSPS) is 11.5. The summed E-state index contributed by atoms with van der Waals surface area (Å²) in [7, 11) is -3.73. The molecule has 0 amide bonds. The quantitative estimate of drug-likeness (QED) is 0.398. The summed E-state index contributed by atoms with van der Waals surface area (Å²) in [5.74, 6) is 0.0310. The summed E-state index contributed by atoms with van der Waals surface area (Å²) in [5, 5.41) is 3.68. The van der Waals surface area contributed by atoms with Crippen LogP contribution in [0.4, 0.5) is 15.9 Å². The van der Waals surface area contributed by atoms with Crippen LogP contribution < -0.4 is 5.32 Å². The Hall–Kier alpha value is -2.59. The van der Waals surface area contributed by atoms with Crippen LogP contribution in [0.2, 0.25) is 0 Å². The van der Waals surface area contributed by atoms with Gasteiger partial charge in [0, 0.05) is 15.0 Å². The average Bonchev–Trinajstić information content (AvgIpc) is 2.70. The number of halogens is 2. The van der Waals surface area contributed by atoms with Crippen molar-refractivity contribution in [2.45, 2.75) is 9.79 Å². The fourth-order valence-corrected chi connectivity index (χ4v) is 4.71. The number of rotatable bonds is 4. The topological polar surface area (TPSA) is 72.0 Å². The molecule has 28 heavy (non-hydrogen) atoms. The number of benzene rings is 3. The van der Waals surface area contributed by atoms with E-state index in [9.17, 15) is 12.8 Å². The molecule has 0 saturated heterocycles. The van der Waals surface area contributed by atoms with Gasteiger partial charge in [-0.3, -0.25) is 0 Å². The van der Waals surface area contributed by atoms with Gasteiger partial charge in [0.2, 0.25) is 9.84 Å². The van der Waals surface area contributed by atoms with Crippen molar-refractivity contribution in [3.63, 3.8) is 0 Å². The van der Waals surface area contributed by atoms with Crippen LogP contribution in [0.25, 0.3) is 10.9 Å². The molecule has 3 aromatic carbocycles. The lowest BCUT2D eigenvalue weighted by atomic mass is 10.2. The molecule has 4 rings (SSSR count). The predicted molar refractivity (Wildman–Crippen MR) is 114 cm³/mol. The van der Waals surface area contributed by atoms with Gasteiger partial charge in [-0.05, 0) is 52.9 Å². The Kier molecular flexibility index (Phi) is 4.98. The highest BCUT2D eigenvalue weighted by atomic mass is 127. The van der Waals surface area contributed by atoms with Gasteiger partial charge in [-0.2, -0.15) is 0 Å². The molecule has 1 N–H and O–H groups in total. The van der Waals surface area contributed by atoms with Crippen LogP contribution >= 0.6 is 22.6 Å². The number of hydrogen-bond donors (Lipinski definition) is 1. The van der Waals surface area contributed by atoms with Gasteiger partial charge in [-0.1, -0.05) is 30.3 Å². The third-order valence-corrected chi connectivity index (χ3v) is 6.82. The summed E-state index contributed by atoms with van der Waals surface area (Å²) >= 11 is 1.89. The van der Waals surface area contributed by atoms with E-state index in [4.69, 9.17) is 0 Å². The van der Waals surface area contributed by atoms with Crippen LogP contribution in [-0.4, -0.2) is 18.4 Å². The zero-order valence-electron chi connectivity index (χ0n) is 14.3. The van der Waals surface area contributed by atoms with Crippen molar-refractivity contribution in [1.29, 1.82) is 0 Å². The summed E-state index contributed by atoms with van der Waals surface area (Å²) in [5.41, 5.74) is 0.810. The number of nitrogens with one attached hydrogen (secondary N) is 1. The van der Waals surface area contributed by atoms with Gasteiger partial charge in [0.25, 0.3) is 0 Å². The highest BCUT2D eigenvalue weighted by Gasteiger charge is 2.21. The van der Waals surface area contributed by atoms with Gasteiger partial charge in [-0.25, -0.2) is 22.8 Å². The van der Waals surface area contributed by atoms with Gasteiger partial charge >= 0.3 is 0 Å². The second-order valence-corrected chi connectivity index (χ2v) is 9.02. The molecule has 0 radical (unpaired) electrons. The Morgan fingerprint density at radius 1 is 0.929 bits per heavy atom. The highest BCUT2D eigenvalue weighted by Crippen LogP contribution is 2.31. The zero-order chi connectivity index (χ0) is 19.7. The maximum atomic E-state index is 13.8. The molecule has 140 valence electrons. The number of fused-ring (bicyclic) bond motifs is 1. The molecule has 0 unspecified atom stereocenters. The van der Waals surface area contributed by atoms with E-state index in [0.717, 1.165) is 0 Å². The minimum atomic E-state index is -3.73. The number of anilines is 2. The van der Waals surface area contributed by atoms with E-state index in [-0.39, 0.29) is 15.6 Å². The molecule has 1 heterocycles. The molecule has 0 spiro atoms. The predicted octanol–water partition coefficient (Wildman–Crippen LogP) is 4.95. The minimum Gasteiger partial charge on any atom is -0.339 e. The molecule has 1 aromatic heterocycles. The summed E-state index contributed by atoms with van der Waals surface area (Å²) in [6.45, 7) is 0. The molecule has 5 nitrogen and oxygen atoms in total. The summed E-state index contributed by atoms with van der Waals surface area (Å²) in [6.07, 6.45) is 1.31. The third-order valence-electron chi connectivity index (χ3n) is 4.16. The monoisotopic (exact) mass is 505 g/mol. The maximum absolute atomic E-state index is 13.8. The second-order valence-electron chi connectivity index (χ2n) is 5.94. The Morgan fingerprint density at radius 2 is 1.64 bits per heavy atom. The van der Waals surface area contributed by atoms with E-state index in [0.29, 0.717) is 26.0 Å². The highest BCUT2D eigenvalue weighted by molar-refractivity contribution is 14.1. The average molecular weight is 505 g/mol. The van der Waals surface area contributed by atoms with E-state index in [1.165, 1.54) is 18.5 Å². The molecule has 0 bridgehead atoms. The third kappa shape index (κ3) is 3.45. The number of aromatic nitrogens is 2. The SMILES string of the molecule is O=S(=O)(c1ccccc1)c1ccccc1Nc1ncnc2cc(F)c(I)cc12. The van der Waals surface area contributed by atoms with E-state index < -0.39 is 9.84 Å². The summed E-state index contributed by atoms with van der Waals surface area (Å²) < 4.78 is 40.4. The molecule has 4 aromatic rings. The first-order chi connectivity index (χ1) is 13.5. The van der Waals surface area contributed by atoms with Crippen LogP contribution in [0, 0.1) is 9.39 Å². The molecule has 0 aliphatic carbocycles. The molecule has 0 atom stereocenters. The molecule has 0 fully saturated rings. The van der Waals surface area contributed by atoms with Crippen molar-refractivity contribution in [1.82, 2.24) is 9.97 Å². The Balaban J connectivity index is 1.83. The van der Waals surface area contributed by atoms with E-state index in [1.54, 1.807) is 54.6 Å². The number of nitrogens with zero attached hydrogens (tertiary/aromatic N) is 2. The van der Waals surface area contributed by atoms with Crippen molar-refractivity contribution < 1.29 is 12.8 Å². The lowest BCUT2D eigenvalue weighted by Crippen LogP contribution is -2.06. The molecule has 0 aliphatic heterocycles. The van der Waals surface area contributed by atoms with Crippen LogP contribution in [0.15, 0.2) is 82.8 Å². The fourth-order valence-electron chi connectivity index (χ4n) is 2.81. The first-order valence-electron chi connectivity index (χ1n) is 8.23. The van der Waals surface area contributed by atoms with Crippen LogP contribution in [0.1, 0.15) is 0 Å². The van der Waals surface area contributed by atoms with Crippen molar-refractivity contribution in [2.75, 3.05) is 5.32 Å². The lowest BCUT2D eigenvalue weighted by molar-refractivity contribution is 0.596. The number of hydrogen-bond acceptors (Lipinski definition) is 5. The Bertz CT molecular complexity index is 1280. The lowest BCUT2D eigenvalue weighted by Gasteiger charge is -2.13. The van der Waals surface area contributed by atoms with Gasteiger partial charge in [0.15, 0.2) is 0 Å². The first-order valence-corrected chi connectivity index (χ1v) is 10.8. The molecular formula is C20H13FIN3O2S. The Morgan fingerprint density at radius 3 is 2.43 bits per heavy atom. The van der Waals surface area contributed by atoms with Crippen LogP contribution in [0.5, 0.6) is 0 Å². The van der Waals surface area contributed by atoms with Crippen LogP contribution in [0.3, 0.4) is 0 Å². The van der Waals surface area contributed by atoms with Crippen LogP contribution in [-0.2, 0) is 9.84 Å². The van der Waals surface area contributed by atoms with E-state index in [2.05, 4.69) is 15.3 Å². The maximum Gasteiger partial charge on any atom is 0.208 e. The van der Waals surface area contributed by atoms with Crippen molar-refractivity contribution >= 4 is 54.8 Å². The first kappa shape index (κ1) is 18.8. The molecular weight excluding hydrogens is 492 g/mol. The largest absolute Gasteiger partial charge is 0.339 e. The van der Waals surface area contributed by atoms with E-state index >= 15 is 0 Å². The smallest absolute Gasteiger partial charge is 0.208 e. The van der Waals surface area contributed by atoms with Crippen molar-refractivity contribution in [3.05, 3.63) is 82.4 Å². The molecule has 8 heteroatoms. The second kappa shape index (κ2) is 7.44. The Labute approximate surface area is 174 Å². The standard InChI is InChI=1S/C20H13FIN3O2S/c21-15-11-18-14(10-16(15)22)20(24-12-23-18)25-17-8-4-5-9-19(17)28(26,27)13-6-2-1-3-7-13/h1-12H,(H,23,24,25). The van der Waals surface area contributed by atoms with Crippen molar-refractivity contribution in [3.8, 4) is 0 Å². The number of para-hydroxylation sites is 1. The van der Waals surface area contributed by atoms with Gasteiger partial charge in [0.1, 0.15) is 18.0 Å². The summed E-state index contributed by atoms with van der Waals surface area (Å²) in [4.78, 5) is 8.65. The van der Waals surface area contributed by atoms with E-state index in [1.807, 2.05) is 22.6 Å². The molecule has 0 saturated carbocycles. The number of sulfone groups is 1.